The highest BCUT2D eigenvalue weighted by molar-refractivity contribution is 5.94. The fourth-order valence-electron chi connectivity index (χ4n) is 1.10. The largest absolute Gasteiger partial charge is 0.490 e. The lowest BCUT2D eigenvalue weighted by Crippen LogP contribution is -2.14. The molecular weight excluding hydrogens is 213 g/mol. The van der Waals surface area contributed by atoms with Crippen molar-refractivity contribution >= 4 is 11.7 Å². The van der Waals surface area contributed by atoms with E-state index < -0.39 is 11.7 Å². The van der Waals surface area contributed by atoms with Gasteiger partial charge in [-0.25, -0.2) is 4.39 Å². The summed E-state index contributed by atoms with van der Waals surface area (Å²) in [5.41, 5.74) is 5.18. The Bertz CT molecular complexity index is 418. The van der Waals surface area contributed by atoms with E-state index >= 15 is 0 Å². The minimum atomic E-state index is -0.628. The van der Waals surface area contributed by atoms with Crippen molar-refractivity contribution in [2.24, 2.45) is 5.73 Å². The first kappa shape index (κ1) is 12.2. The highest BCUT2D eigenvalue weighted by Crippen LogP contribution is 2.18. The third kappa shape index (κ3) is 3.34. The second-order valence-corrected chi connectivity index (χ2v) is 3.27. The van der Waals surface area contributed by atoms with Crippen molar-refractivity contribution < 1.29 is 18.7 Å². The Morgan fingerprint density at radius 1 is 1.44 bits per heavy atom. The molecule has 0 fully saturated rings. The van der Waals surface area contributed by atoms with E-state index in [2.05, 4.69) is 0 Å². The van der Waals surface area contributed by atoms with Crippen LogP contribution in [0.15, 0.2) is 18.2 Å². The molecule has 0 aromatic heterocycles. The van der Waals surface area contributed by atoms with Crippen molar-refractivity contribution in [3.05, 3.63) is 29.6 Å². The van der Waals surface area contributed by atoms with Gasteiger partial charge in [0.25, 0.3) is 0 Å². The van der Waals surface area contributed by atoms with Gasteiger partial charge in [0, 0.05) is 5.56 Å². The lowest BCUT2D eigenvalue weighted by molar-refractivity contribution is -0.118. The lowest BCUT2D eigenvalue weighted by Gasteiger charge is -2.06. The van der Waals surface area contributed by atoms with Gasteiger partial charge < -0.3 is 10.5 Å². The molecule has 0 saturated heterocycles. The molecule has 4 nitrogen and oxygen atoms in total. The van der Waals surface area contributed by atoms with Crippen LogP contribution in [0.4, 0.5) is 4.39 Å². The average Bonchev–Trinajstić information content (AvgIpc) is 2.19. The number of amides is 1. The van der Waals surface area contributed by atoms with Gasteiger partial charge in [0.05, 0.1) is 13.0 Å². The van der Waals surface area contributed by atoms with Crippen LogP contribution >= 0.6 is 0 Å². The number of primary amides is 1. The predicted octanol–water partition coefficient (Wildman–Crippen LogP) is 1.28. The number of carbonyl (C=O) groups is 2. The number of carbonyl (C=O) groups excluding carboxylic acids is 2. The van der Waals surface area contributed by atoms with Crippen LogP contribution in [-0.4, -0.2) is 18.3 Å². The van der Waals surface area contributed by atoms with Gasteiger partial charge in [-0.3, -0.25) is 9.59 Å². The van der Waals surface area contributed by atoms with Crippen molar-refractivity contribution in [2.45, 2.75) is 13.3 Å². The molecule has 5 heteroatoms. The van der Waals surface area contributed by atoms with Gasteiger partial charge in [0.15, 0.2) is 17.3 Å². The highest BCUT2D eigenvalue weighted by Gasteiger charge is 2.07. The summed E-state index contributed by atoms with van der Waals surface area (Å²) in [6.45, 7) is 1.37. The maximum absolute atomic E-state index is 13.3. The first-order valence-electron chi connectivity index (χ1n) is 4.72. The first-order chi connectivity index (χ1) is 7.50. The molecule has 16 heavy (non-hydrogen) atoms. The third-order valence-electron chi connectivity index (χ3n) is 1.94. The second-order valence-electron chi connectivity index (χ2n) is 3.27. The lowest BCUT2D eigenvalue weighted by atomic mass is 10.1. The standard InChI is InChI=1S/C11H12FNO3/c1-7(14)8-2-3-10(9(12)6-8)16-5-4-11(13)15/h2-3,6H,4-5H2,1H3,(H2,13,15). The molecule has 0 atom stereocenters. The smallest absolute Gasteiger partial charge is 0.220 e. The highest BCUT2D eigenvalue weighted by atomic mass is 19.1. The number of benzene rings is 1. The number of halogens is 1. The number of nitrogens with two attached hydrogens (primary N) is 1. The Balaban J connectivity index is 2.68. The summed E-state index contributed by atoms with van der Waals surface area (Å²) in [7, 11) is 0. The predicted molar refractivity (Wildman–Crippen MR) is 55.7 cm³/mol. The maximum Gasteiger partial charge on any atom is 0.220 e. The van der Waals surface area contributed by atoms with Crippen LogP contribution in [-0.2, 0) is 4.79 Å². The van der Waals surface area contributed by atoms with Gasteiger partial charge >= 0.3 is 0 Å². The van der Waals surface area contributed by atoms with Crippen LogP contribution in [0.5, 0.6) is 5.75 Å². The Labute approximate surface area is 92.2 Å². The average molecular weight is 225 g/mol. The molecule has 0 bridgehead atoms. The van der Waals surface area contributed by atoms with Gasteiger partial charge in [0.2, 0.25) is 5.91 Å². The molecule has 0 spiro atoms. The Morgan fingerprint density at radius 3 is 2.62 bits per heavy atom. The van der Waals surface area contributed by atoms with Crippen molar-refractivity contribution in [3.63, 3.8) is 0 Å². The van der Waals surface area contributed by atoms with E-state index in [-0.39, 0.29) is 30.1 Å². The van der Waals surface area contributed by atoms with E-state index in [1.165, 1.54) is 19.1 Å². The number of Topliss-reactive ketones (excluding diaryl/α,β-unsaturated/α-hetero) is 1. The minimum Gasteiger partial charge on any atom is -0.490 e. The van der Waals surface area contributed by atoms with Crippen molar-refractivity contribution in [2.75, 3.05) is 6.61 Å². The molecule has 0 saturated carbocycles. The minimum absolute atomic E-state index is 0.00579. The van der Waals surface area contributed by atoms with E-state index in [9.17, 15) is 14.0 Å². The van der Waals surface area contributed by atoms with Crippen LogP contribution in [0.3, 0.4) is 0 Å². The summed E-state index contributed by atoms with van der Waals surface area (Å²) in [6.07, 6.45) is 0.0217. The zero-order valence-electron chi connectivity index (χ0n) is 8.83. The monoisotopic (exact) mass is 225 g/mol. The molecule has 0 aliphatic heterocycles. The summed E-state index contributed by atoms with van der Waals surface area (Å²) >= 11 is 0. The number of ketones is 1. The van der Waals surface area contributed by atoms with Crippen LogP contribution < -0.4 is 10.5 Å². The first-order valence-corrected chi connectivity index (χ1v) is 4.72. The summed E-state index contributed by atoms with van der Waals surface area (Å²) in [5, 5.41) is 0. The SMILES string of the molecule is CC(=O)c1ccc(OCCC(N)=O)c(F)c1. The molecule has 1 rings (SSSR count). The Morgan fingerprint density at radius 2 is 2.12 bits per heavy atom. The van der Waals surface area contributed by atoms with Gasteiger partial charge in [-0.15, -0.1) is 0 Å². The topological polar surface area (TPSA) is 69.4 Å². The van der Waals surface area contributed by atoms with Crippen molar-refractivity contribution in [3.8, 4) is 5.75 Å². The molecule has 2 N–H and O–H groups in total. The fourth-order valence-corrected chi connectivity index (χ4v) is 1.10. The van der Waals surface area contributed by atoms with E-state index in [0.717, 1.165) is 6.07 Å². The molecule has 0 radical (unpaired) electrons. The van der Waals surface area contributed by atoms with Gasteiger partial charge in [-0.05, 0) is 25.1 Å². The summed E-state index contributed by atoms with van der Waals surface area (Å²) < 4.78 is 18.3. The molecule has 0 aliphatic carbocycles. The molecule has 0 heterocycles. The summed E-state index contributed by atoms with van der Waals surface area (Å²) in [4.78, 5) is 21.4. The maximum atomic E-state index is 13.3. The third-order valence-corrected chi connectivity index (χ3v) is 1.94. The van der Waals surface area contributed by atoms with Gasteiger partial charge in [0.1, 0.15) is 0 Å². The molecule has 0 unspecified atom stereocenters. The van der Waals surface area contributed by atoms with Gasteiger partial charge in [-0.1, -0.05) is 0 Å². The van der Waals surface area contributed by atoms with Crippen LogP contribution in [0.2, 0.25) is 0 Å². The molecule has 1 amide bonds. The summed E-state index contributed by atoms with van der Waals surface area (Å²) in [6, 6.07) is 3.92. The van der Waals surface area contributed by atoms with E-state index in [1.54, 1.807) is 0 Å². The number of rotatable bonds is 5. The molecule has 86 valence electrons. The van der Waals surface area contributed by atoms with Crippen molar-refractivity contribution in [1.82, 2.24) is 0 Å². The number of ether oxygens (including phenoxy) is 1. The van der Waals surface area contributed by atoms with E-state index in [0.29, 0.717) is 0 Å². The zero-order chi connectivity index (χ0) is 12.1. The van der Waals surface area contributed by atoms with Crippen LogP contribution in [0.1, 0.15) is 23.7 Å². The molecular formula is C11H12FNO3. The van der Waals surface area contributed by atoms with Gasteiger partial charge in [-0.2, -0.15) is 0 Å². The zero-order valence-corrected chi connectivity index (χ0v) is 8.83. The quantitative estimate of drug-likeness (QED) is 0.767. The Kier molecular flexibility index (Phi) is 3.99. The van der Waals surface area contributed by atoms with E-state index in [1.807, 2.05) is 0 Å². The Hall–Kier alpha value is -1.91. The second kappa shape index (κ2) is 5.25. The number of hydrogen-bond acceptors (Lipinski definition) is 3. The molecule has 1 aromatic carbocycles. The molecule has 0 aliphatic rings. The number of hydrogen-bond donors (Lipinski definition) is 1. The van der Waals surface area contributed by atoms with E-state index in [4.69, 9.17) is 10.5 Å². The van der Waals surface area contributed by atoms with Crippen LogP contribution in [0.25, 0.3) is 0 Å². The fraction of sp³-hybridized carbons (Fsp3) is 0.273. The van der Waals surface area contributed by atoms with Crippen LogP contribution in [0, 0.1) is 5.82 Å². The van der Waals surface area contributed by atoms with Crippen molar-refractivity contribution in [1.29, 1.82) is 0 Å². The summed E-state index contributed by atoms with van der Waals surface area (Å²) in [5.74, 6) is -1.35. The molecule has 1 aromatic rings. The normalized spacial score (nSPS) is 9.88.